The van der Waals surface area contributed by atoms with E-state index in [0.717, 1.165) is 5.56 Å². The predicted octanol–water partition coefficient (Wildman–Crippen LogP) is 2.10. The molecule has 136 valence electrons. The molecular formula is C18H16N6O3. The Labute approximate surface area is 152 Å². The van der Waals surface area contributed by atoms with Gasteiger partial charge >= 0.3 is 5.76 Å². The van der Waals surface area contributed by atoms with Gasteiger partial charge in [-0.05, 0) is 49.7 Å². The highest BCUT2D eigenvalue weighted by Gasteiger charge is 2.17. The molecular weight excluding hydrogens is 348 g/mol. The van der Waals surface area contributed by atoms with Gasteiger partial charge in [0.1, 0.15) is 11.5 Å². The molecule has 0 aliphatic heterocycles. The third-order valence-electron chi connectivity index (χ3n) is 4.09. The molecule has 0 saturated heterocycles. The van der Waals surface area contributed by atoms with Gasteiger partial charge < -0.3 is 9.73 Å². The zero-order chi connectivity index (χ0) is 19.0. The van der Waals surface area contributed by atoms with Crippen molar-refractivity contribution in [2.45, 2.75) is 19.9 Å². The van der Waals surface area contributed by atoms with Crippen LogP contribution in [0.2, 0.25) is 0 Å². The van der Waals surface area contributed by atoms with E-state index in [0.29, 0.717) is 34.0 Å². The minimum atomic E-state index is -0.560. The number of rotatable bonds is 4. The number of aromatic amines is 2. The van der Waals surface area contributed by atoms with Crippen molar-refractivity contribution in [2.75, 3.05) is 0 Å². The predicted molar refractivity (Wildman–Crippen MR) is 97.1 cm³/mol. The van der Waals surface area contributed by atoms with Gasteiger partial charge in [-0.2, -0.15) is 5.10 Å². The molecule has 0 aliphatic rings. The first kappa shape index (κ1) is 16.7. The molecule has 0 saturated carbocycles. The van der Waals surface area contributed by atoms with Crippen molar-refractivity contribution in [3.8, 4) is 11.5 Å². The molecule has 1 unspecified atom stereocenters. The summed E-state index contributed by atoms with van der Waals surface area (Å²) in [5, 5.41) is 9.85. The summed E-state index contributed by atoms with van der Waals surface area (Å²) in [5.41, 5.74) is 2.97. The van der Waals surface area contributed by atoms with Gasteiger partial charge in [0.15, 0.2) is 11.4 Å². The molecule has 4 aromatic rings. The molecule has 0 fully saturated rings. The Hall–Kier alpha value is -3.75. The number of carbonyl (C=O) groups is 1. The van der Waals surface area contributed by atoms with E-state index in [1.165, 1.54) is 0 Å². The SMILES string of the molecule is Cc1ccnc(-c2n[nH]c(C(C)NC(=O)c3ccc4oc(=O)[nH]c4c3)n2)c1. The quantitative estimate of drug-likeness (QED) is 0.508. The second-order valence-corrected chi connectivity index (χ2v) is 6.18. The van der Waals surface area contributed by atoms with E-state index in [-0.39, 0.29) is 5.91 Å². The number of hydrogen-bond donors (Lipinski definition) is 3. The van der Waals surface area contributed by atoms with Crippen LogP contribution in [0.3, 0.4) is 0 Å². The smallest absolute Gasteiger partial charge is 0.408 e. The summed E-state index contributed by atoms with van der Waals surface area (Å²) in [6.07, 6.45) is 1.70. The first-order valence-corrected chi connectivity index (χ1v) is 8.28. The van der Waals surface area contributed by atoms with Crippen molar-refractivity contribution in [3.63, 3.8) is 0 Å². The van der Waals surface area contributed by atoms with Crippen LogP contribution >= 0.6 is 0 Å². The summed E-state index contributed by atoms with van der Waals surface area (Å²) in [6.45, 7) is 3.76. The summed E-state index contributed by atoms with van der Waals surface area (Å²) < 4.78 is 4.93. The molecule has 1 amide bonds. The largest absolute Gasteiger partial charge is 0.417 e. The van der Waals surface area contributed by atoms with Gasteiger partial charge in [0.25, 0.3) is 5.91 Å². The number of carbonyl (C=O) groups excluding carboxylic acids is 1. The maximum atomic E-state index is 12.5. The average Bonchev–Trinajstić information content (AvgIpc) is 3.26. The van der Waals surface area contributed by atoms with Crippen LogP contribution in [-0.4, -0.2) is 31.1 Å². The highest BCUT2D eigenvalue weighted by atomic mass is 16.4. The number of aromatic nitrogens is 5. The number of hydrogen-bond acceptors (Lipinski definition) is 6. The highest BCUT2D eigenvalue weighted by Crippen LogP contribution is 2.17. The van der Waals surface area contributed by atoms with Crippen LogP contribution in [0.25, 0.3) is 22.6 Å². The second kappa shape index (κ2) is 6.52. The van der Waals surface area contributed by atoms with Crippen molar-refractivity contribution >= 4 is 17.0 Å². The molecule has 0 bridgehead atoms. The monoisotopic (exact) mass is 364 g/mol. The molecule has 0 aliphatic carbocycles. The highest BCUT2D eigenvalue weighted by molar-refractivity contribution is 5.97. The number of oxazole rings is 1. The fraction of sp³-hybridized carbons (Fsp3) is 0.167. The normalized spacial score (nSPS) is 12.2. The average molecular weight is 364 g/mol. The maximum absolute atomic E-state index is 12.5. The van der Waals surface area contributed by atoms with Crippen molar-refractivity contribution in [2.24, 2.45) is 0 Å². The molecule has 9 heteroatoms. The number of nitrogens with one attached hydrogen (secondary N) is 3. The summed E-state index contributed by atoms with van der Waals surface area (Å²) >= 11 is 0. The Morgan fingerprint density at radius 3 is 2.93 bits per heavy atom. The van der Waals surface area contributed by atoms with Gasteiger partial charge in [0.05, 0.1) is 11.6 Å². The fourth-order valence-electron chi connectivity index (χ4n) is 2.68. The Balaban J connectivity index is 1.52. The van der Waals surface area contributed by atoms with Gasteiger partial charge in [-0.3, -0.25) is 19.9 Å². The van der Waals surface area contributed by atoms with Gasteiger partial charge in [-0.25, -0.2) is 9.78 Å². The summed E-state index contributed by atoms with van der Waals surface area (Å²) in [7, 11) is 0. The van der Waals surface area contributed by atoms with Crippen LogP contribution in [0.1, 0.15) is 34.7 Å². The lowest BCUT2D eigenvalue weighted by molar-refractivity contribution is 0.0938. The number of H-pyrrole nitrogens is 2. The van der Waals surface area contributed by atoms with Crippen molar-refractivity contribution in [1.82, 2.24) is 30.5 Å². The van der Waals surface area contributed by atoms with E-state index in [2.05, 4.69) is 30.5 Å². The minimum absolute atomic E-state index is 0.307. The lowest BCUT2D eigenvalue weighted by atomic mass is 10.2. The Bertz CT molecular complexity index is 1190. The molecule has 9 nitrogen and oxygen atoms in total. The second-order valence-electron chi connectivity index (χ2n) is 6.18. The van der Waals surface area contributed by atoms with Crippen LogP contribution in [0.4, 0.5) is 0 Å². The lowest BCUT2D eigenvalue weighted by Crippen LogP contribution is -2.27. The van der Waals surface area contributed by atoms with Gasteiger partial charge in [-0.15, -0.1) is 0 Å². The van der Waals surface area contributed by atoms with E-state index in [4.69, 9.17) is 4.42 Å². The first-order valence-electron chi connectivity index (χ1n) is 8.28. The van der Waals surface area contributed by atoms with E-state index in [1.54, 1.807) is 31.3 Å². The number of aryl methyl sites for hydroxylation is 1. The van der Waals surface area contributed by atoms with Gasteiger partial charge in [0, 0.05) is 11.8 Å². The van der Waals surface area contributed by atoms with Gasteiger partial charge in [0.2, 0.25) is 0 Å². The topological polar surface area (TPSA) is 130 Å². The van der Waals surface area contributed by atoms with Crippen molar-refractivity contribution in [1.29, 1.82) is 0 Å². The van der Waals surface area contributed by atoms with E-state index >= 15 is 0 Å². The molecule has 0 spiro atoms. The zero-order valence-electron chi connectivity index (χ0n) is 14.6. The van der Waals surface area contributed by atoms with E-state index in [9.17, 15) is 9.59 Å². The lowest BCUT2D eigenvalue weighted by Gasteiger charge is -2.10. The minimum Gasteiger partial charge on any atom is -0.408 e. The molecule has 0 radical (unpaired) electrons. The molecule has 3 N–H and O–H groups in total. The summed E-state index contributed by atoms with van der Waals surface area (Å²) in [4.78, 5) is 34.9. The van der Waals surface area contributed by atoms with Crippen molar-refractivity contribution in [3.05, 3.63) is 64.0 Å². The molecule has 3 heterocycles. The molecule has 1 atom stereocenters. The van der Waals surface area contributed by atoms with E-state index < -0.39 is 11.8 Å². The Kier molecular flexibility index (Phi) is 4.03. The van der Waals surface area contributed by atoms with Crippen LogP contribution in [-0.2, 0) is 0 Å². The zero-order valence-corrected chi connectivity index (χ0v) is 14.6. The third kappa shape index (κ3) is 3.34. The number of amides is 1. The Morgan fingerprint density at radius 2 is 2.11 bits per heavy atom. The molecule has 3 aromatic heterocycles. The van der Waals surface area contributed by atoms with Crippen LogP contribution in [0.5, 0.6) is 0 Å². The van der Waals surface area contributed by atoms with Crippen molar-refractivity contribution < 1.29 is 9.21 Å². The number of nitrogens with zero attached hydrogens (tertiary/aromatic N) is 3. The first-order chi connectivity index (χ1) is 13.0. The van der Waals surface area contributed by atoms with E-state index in [1.807, 2.05) is 19.1 Å². The van der Waals surface area contributed by atoms with Crippen LogP contribution in [0.15, 0.2) is 45.7 Å². The van der Waals surface area contributed by atoms with Crippen LogP contribution in [0, 0.1) is 6.92 Å². The molecule has 4 rings (SSSR count). The molecule has 1 aromatic carbocycles. The fourth-order valence-corrected chi connectivity index (χ4v) is 2.68. The number of pyridine rings is 1. The number of benzene rings is 1. The summed E-state index contributed by atoms with van der Waals surface area (Å²) in [6, 6.07) is 8.10. The summed E-state index contributed by atoms with van der Waals surface area (Å²) in [5.74, 6) is 0.111. The molecule has 27 heavy (non-hydrogen) atoms. The standard InChI is InChI=1S/C18H16N6O3/c1-9-5-6-19-13(7-9)16-22-15(23-24-16)10(2)20-17(25)11-3-4-14-12(8-11)21-18(26)27-14/h3-8,10H,1-2H3,(H,20,25)(H,21,26)(H,22,23,24). The maximum Gasteiger partial charge on any atom is 0.417 e. The van der Waals surface area contributed by atoms with Gasteiger partial charge in [-0.1, -0.05) is 0 Å². The Morgan fingerprint density at radius 1 is 1.26 bits per heavy atom. The third-order valence-corrected chi connectivity index (χ3v) is 4.09. The number of fused-ring (bicyclic) bond motifs is 1. The van der Waals surface area contributed by atoms with Crippen LogP contribution < -0.4 is 11.1 Å².